The highest BCUT2D eigenvalue weighted by Crippen LogP contribution is 2.33. The van der Waals surface area contributed by atoms with Crippen molar-refractivity contribution in [3.05, 3.63) is 0 Å². The molecule has 0 atom stereocenters. The van der Waals surface area contributed by atoms with Crippen molar-refractivity contribution in [2.75, 3.05) is 13.0 Å². The molecule has 2 N–H and O–H groups in total. The molecule has 0 radical (unpaired) electrons. The maximum absolute atomic E-state index is 10.1. The maximum atomic E-state index is 10.1. The average molecular weight is 154 g/mol. The summed E-state index contributed by atoms with van der Waals surface area (Å²) in [6, 6.07) is 0. The second kappa shape index (κ2) is 4.01. The Morgan fingerprint density at radius 3 is 2.44 bits per heavy atom. The Kier molecular flexibility index (Phi) is 4.06. The van der Waals surface area contributed by atoms with Gasteiger partial charge >= 0.3 is 7.60 Å². The third-order valence-electron chi connectivity index (χ3n) is 0.608. The molecule has 0 aliphatic rings. The standard InChI is InChI=1S/C4H11O4P/c1-2-3-8-4-9(5,6)7/h2-4H2,1H3,(H2,5,6,7). The van der Waals surface area contributed by atoms with Gasteiger partial charge in [-0.15, -0.1) is 0 Å². The summed E-state index contributed by atoms with van der Waals surface area (Å²) < 4.78 is 14.7. The van der Waals surface area contributed by atoms with Crippen LogP contribution in [-0.4, -0.2) is 22.7 Å². The van der Waals surface area contributed by atoms with Crippen LogP contribution in [0.2, 0.25) is 0 Å². The molecule has 56 valence electrons. The normalized spacial score (nSPS) is 11.9. The van der Waals surface area contributed by atoms with Gasteiger partial charge in [0, 0.05) is 6.61 Å². The SMILES string of the molecule is CCCOCP(=O)(O)O. The van der Waals surface area contributed by atoms with Gasteiger partial charge in [0.15, 0.2) is 0 Å². The smallest absolute Gasteiger partial charge is 0.350 e. The van der Waals surface area contributed by atoms with Crippen molar-refractivity contribution in [1.29, 1.82) is 0 Å². The van der Waals surface area contributed by atoms with Crippen LogP contribution < -0.4 is 0 Å². The molecule has 0 rings (SSSR count). The zero-order valence-corrected chi connectivity index (χ0v) is 6.17. The van der Waals surface area contributed by atoms with E-state index in [0.717, 1.165) is 6.42 Å². The Bertz CT molecular complexity index is 107. The van der Waals surface area contributed by atoms with Crippen molar-refractivity contribution < 1.29 is 19.1 Å². The average Bonchev–Trinajstić information content (AvgIpc) is 1.63. The fourth-order valence-electron chi connectivity index (χ4n) is 0.328. The third-order valence-corrected chi connectivity index (χ3v) is 1.13. The zero-order valence-electron chi connectivity index (χ0n) is 5.28. The Morgan fingerprint density at radius 1 is 1.56 bits per heavy atom. The topological polar surface area (TPSA) is 66.8 Å². The van der Waals surface area contributed by atoms with E-state index >= 15 is 0 Å². The van der Waals surface area contributed by atoms with Crippen LogP contribution in [0.3, 0.4) is 0 Å². The Balaban J connectivity index is 3.18. The number of hydrogen-bond acceptors (Lipinski definition) is 2. The van der Waals surface area contributed by atoms with Crippen LogP contribution in [0, 0.1) is 0 Å². The molecule has 0 aromatic heterocycles. The minimum Gasteiger partial charge on any atom is -0.369 e. The number of ether oxygens (including phenoxy) is 1. The van der Waals surface area contributed by atoms with Gasteiger partial charge < -0.3 is 14.5 Å². The Labute approximate surface area is 54.0 Å². The molecule has 0 saturated heterocycles. The highest BCUT2D eigenvalue weighted by molar-refractivity contribution is 7.51. The fraction of sp³-hybridized carbons (Fsp3) is 1.00. The lowest BCUT2D eigenvalue weighted by Crippen LogP contribution is -1.95. The van der Waals surface area contributed by atoms with Crippen LogP contribution in [0.1, 0.15) is 13.3 Å². The molecule has 0 amide bonds. The summed E-state index contributed by atoms with van der Waals surface area (Å²) in [5, 5.41) is 0. The molecule has 0 aromatic carbocycles. The van der Waals surface area contributed by atoms with E-state index in [1.54, 1.807) is 0 Å². The van der Waals surface area contributed by atoms with E-state index in [9.17, 15) is 4.57 Å². The van der Waals surface area contributed by atoms with Crippen LogP contribution in [0.4, 0.5) is 0 Å². The van der Waals surface area contributed by atoms with E-state index in [1.165, 1.54) is 0 Å². The van der Waals surface area contributed by atoms with Crippen LogP contribution >= 0.6 is 7.60 Å². The van der Waals surface area contributed by atoms with Crippen LogP contribution in [0.25, 0.3) is 0 Å². The molecule has 0 saturated carbocycles. The van der Waals surface area contributed by atoms with Crippen LogP contribution in [0.15, 0.2) is 0 Å². The van der Waals surface area contributed by atoms with Gasteiger partial charge in [-0.3, -0.25) is 4.57 Å². The Hall–Kier alpha value is 0.110. The maximum Gasteiger partial charge on any atom is 0.350 e. The first kappa shape index (κ1) is 9.11. The van der Waals surface area contributed by atoms with Crippen molar-refractivity contribution in [1.82, 2.24) is 0 Å². The summed E-state index contributed by atoms with van der Waals surface area (Å²) >= 11 is 0. The number of rotatable bonds is 4. The monoisotopic (exact) mass is 154 g/mol. The molecule has 0 fully saturated rings. The van der Waals surface area contributed by atoms with Crippen LogP contribution in [0.5, 0.6) is 0 Å². The van der Waals surface area contributed by atoms with Crippen molar-refractivity contribution in [2.24, 2.45) is 0 Å². The largest absolute Gasteiger partial charge is 0.369 e. The van der Waals surface area contributed by atoms with Gasteiger partial charge in [0.1, 0.15) is 6.35 Å². The quantitative estimate of drug-likeness (QED) is 0.458. The van der Waals surface area contributed by atoms with E-state index in [1.807, 2.05) is 6.92 Å². The molecule has 0 aliphatic carbocycles. The van der Waals surface area contributed by atoms with Crippen molar-refractivity contribution in [3.8, 4) is 0 Å². The van der Waals surface area contributed by atoms with Crippen molar-refractivity contribution in [3.63, 3.8) is 0 Å². The summed E-state index contributed by atoms with van der Waals surface area (Å²) in [4.78, 5) is 16.5. The Morgan fingerprint density at radius 2 is 2.11 bits per heavy atom. The molecule has 0 spiro atoms. The lowest BCUT2D eigenvalue weighted by atomic mass is 10.5. The lowest BCUT2D eigenvalue weighted by molar-refractivity contribution is 0.157. The lowest BCUT2D eigenvalue weighted by Gasteiger charge is -2.02. The second-order valence-corrected chi connectivity index (χ2v) is 3.29. The molecule has 0 aliphatic heterocycles. The van der Waals surface area contributed by atoms with Gasteiger partial charge in [0.25, 0.3) is 0 Å². The minimum atomic E-state index is -3.92. The zero-order chi connectivity index (χ0) is 7.33. The first-order valence-electron chi connectivity index (χ1n) is 2.68. The number of hydrogen-bond donors (Lipinski definition) is 2. The molecule has 0 unspecified atom stereocenters. The van der Waals surface area contributed by atoms with E-state index in [0.29, 0.717) is 6.61 Å². The molecule has 5 heteroatoms. The van der Waals surface area contributed by atoms with E-state index in [-0.39, 0.29) is 0 Å². The van der Waals surface area contributed by atoms with Crippen LogP contribution in [-0.2, 0) is 9.30 Å². The van der Waals surface area contributed by atoms with Gasteiger partial charge in [0.05, 0.1) is 0 Å². The minimum absolute atomic E-state index is 0.408. The van der Waals surface area contributed by atoms with E-state index in [4.69, 9.17) is 9.79 Å². The van der Waals surface area contributed by atoms with E-state index in [2.05, 4.69) is 4.74 Å². The second-order valence-electron chi connectivity index (χ2n) is 1.70. The summed E-state index contributed by atoms with van der Waals surface area (Å²) in [6.45, 7) is 2.28. The van der Waals surface area contributed by atoms with Crippen molar-refractivity contribution >= 4 is 7.60 Å². The van der Waals surface area contributed by atoms with Gasteiger partial charge in [-0.25, -0.2) is 0 Å². The highest BCUT2D eigenvalue weighted by atomic mass is 31.2. The molecule has 4 nitrogen and oxygen atoms in total. The summed E-state index contributed by atoms with van der Waals surface area (Å²) in [5.41, 5.74) is 0. The third kappa shape index (κ3) is 8.11. The molecule has 9 heavy (non-hydrogen) atoms. The van der Waals surface area contributed by atoms with Gasteiger partial charge in [0.2, 0.25) is 0 Å². The summed E-state index contributed by atoms with van der Waals surface area (Å²) in [5.74, 6) is 0. The van der Waals surface area contributed by atoms with Gasteiger partial charge in [-0.05, 0) is 6.42 Å². The molecule has 0 aromatic rings. The molecular weight excluding hydrogens is 143 g/mol. The van der Waals surface area contributed by atoms with Crippen molar-refractivity contribution in [2.45, 2.75) is 13.3 Å². The van der Waals surface area contributed by atoms with Gasteiger partial charge in [-0.2, -0.15) is 0 Å². The van der Waals surface area contributed by atoms with E-state index < -0.39 is 13.9 Å². The molecular formula is C4H11O4P. The van der Waals surface area contributed by atoms with Gasteiger partial charge in [-0.1, -0.05) is 6.92 Å². The fourth-order valence-corrected chi connectivity index (χ4v) is 0.695. The highest BCUT2D eigenvalue weighted by Gasteiger charge is 2.11. The molecule has 0 heterocycles. The predicted octanol–water partition coefficient (Wildman–Crippen LogP) is 0.548. The summed E-state index contributed by atoms with van der Waals surface area (Å²) in [7, 11) is -3.92. The first-order chi connectivity index (χ1) is 4.06. The predicted molar refractivity (Wildman–Crippen MR) is 33.2 cm³/mol. The first-order valence-corrected chi connectivity index (χ1v) is 4.48. The summed E-state index contributed by atoms with van der Waals surface area (Å²) in [6.07, 6.45) is 0.320. The molecule has 0 bridgehead atoms.